The van der Waals surface area contributed by atoms with Gasteiger partial charge in [-0.3, -0.25) is 9.59 Å². The number of aryl methyl sites for hydroxylation is 1. The summed E-state index contributed by atoms with van der Waals surface area (Å²) in [6, 6.07) is 13.4. The van der Waals surface area contributed by atoms with Gasteiger partial charge in [0.1, 0.15) is 0 Å². The first-order valence-corrected chi connectivity index (χ1v) is 10.2. The molecule has 0 N–H and O–H groups in total. The van der Waals surface area contributed by atoms with Crippen LogP contribution in [0.4, 0.5) is 0 Å². The first-order chi connectivity index (χ1) is 13.6. The Kier molecular flexibility index (Phi) is 5.34. The lowest BCUT2D eigenvalue weighted by atomic mass is 10.1. The molecule has 0 saturated carbocycles. The van der Waals surface area contributed by atoms with Crippen LogP contribution in [0.15, 0.2) is 58.2 Å². The predicted molar refractivity (Wildman–Crippen MR) is 108 cm³/mol. The van der Waals surface area contributed by atoms with E-state index in [0.717, 1.165) is 21.5 Å². The van der Waals surface area contributed by atoms with Crippen LogP contribution in [0.5, 0.6) is 0 Å². The number of benzene rings is 1. The minimum absolute atomic E-state index is 0.0720. The fraction of sp³-hybridized carbons (Fsp3) is 0.286. The SMILES string of the molecule is Cc1cc(SCC(=O)N2CCN(C(=O)c3ccco3)CC2)nc2ccccc12. The zero-order valence-electron chi connectivity index (χ0n) is 15.6. The van der Waals surface area contributed by atoms with Crippen molar-refractivity contribution in [3.63, 3.8) is 0 Å². The summed E-state index contributed by atoms with van der Waals surface area (Å²) >= 11 is 1.46. The Morgan fingerprint density at radius 3 is 2.57 bits per heavy atom. The van der Waals surface area contributed by atoms with Gasteiger partial charge in [0, 0.05) is 31.6 Å². The molecule has 6 nitrogen and oxygen atoms in total. The van der Waals surface area contributed by atoms with E-state index < -0.39 is 0 Å². The van der Waals surface area contributed by atoms with Crippen molar-refractivity contribution in [3.8, 4) is 0 Å². The fourth-order valence-corrected chi connectivity index (χ4v) is 4.21. The highest BCUT2D eigenvalue weighted by atomic mass is 32.2. The molecular formula is C21H21N3O3S. The highest BCUT2D eigenvalue weighted by Gasteiger charge is 2.26. The third kappa shape index (κ3) is 3.89. The van der Waals surface area contributed by atoms with Crippen LogP contribution in [0, 0.1) is 6.92 Å². The molecule has 28 heavy (non-hydrogen) atoms. The van der Waals surface area contributed by atoms with Gasteiger partial charge in [-0.15, -0.1) is 0 Å². The molecule has 0 radical (unpaired) electrons. The summed E-state index contributed by atoms with van der Waals surface area (Å²) in [5.74, 6) is 0.634. The summed E-state index contributed by atoms with van der Waals surface area (Å²) in [5.41, 5.74) is 2.10. The number of thioether (sulfide) groups is 1. The minimum Gasteiger partial charge on any atom is -0.459 e. The third-order valence-corrected chi connectivity index (χ3v) is 5.79. The van der Waals surface area contributed by atoms with Crippen molar-refractivity contribution in [2.24, 2.45) is 0 Å². The van der Waals surface area contributed by atoms with E-state index in [0.29, 0.717) is 37.7 Å². The van der Waals surface area contributed by atoms with E-state index in [2.05, 4.69) is 18.0 Å². The Morgan fingerprint density at radius 2 is 1.82 bits per heavy atom. The van der Waals surface area contributed by atoms with Crippen molar-refractivity contribution in [2.45, 2.75) is 11.9 Å². The topological polar surface area (TPSA) is 66.7 Å². The zero-order valence-corrected chi connectivity index (χ0v) is 16.4. The van der Waals surface area contributed by atoms with Gasteiger partial charge < -0.3 is 14.2 Å². The molecule has 3 heterocycles. The van der Waals surface area contributed by atoms with Crippen LogP contribution in [0.25, 0.3) is 10.9 Å². The molecule has 4 rings (SSSR count). The van der Waals surface area contributed by atoms with Gasteiger partial charge in [0.2, 0.25) is 5.91 Å². The number of hydrogen-bond acceptors (Lipinski definition) is 5. The lowest BCUT2D eigenvalue weighted by molar-refractivity contribution is -0.129. The van der Waals surface area contributed by atoms with Gasteiger partial charge in [-0.2, -0.15) is 0 Å². The van der Waals surface area contributed by atoms with Gasteiger partial charge in [0.25, 0.3) is 5.91 Å². The number of aromatic nitrogens is 1. The van der Waals surface area contributed by atoms with E-state index in [-0.39, 0.29) is 11.8 Å². The van der Waals surface area contributed by atoms with Crippen LogP contribution in [-0.4, -0.2) is 58.5 Å². The molecule has 0 atom stereocenters. The minimum atomic E-state index is -0.123. The van der Waals surface area contributed by atoms with Gasteiger partial charge in [-0.05, 0) is 36.8 Å². The van der Waals surface area contributed by atoms with Crippen LogP contribution < -0.4 is 0 Å². The molecule has 1 aliphatic rings. The van der Waals surface area contributed by atoms with Gasteiger partial charge in [0.05, 0.1) is 22.6 Å². The maximum atomic E-state index is 12.6. The van der Waals surface area contributed by atoms with Gasteiger partial charge in [-0.25, -0.2) is 4.98 Å². The number of amides is 2. The normalized spacial score (nSPS) is 14.5. The number of rotatable bonds is 4. The molecule has 7 heteroatoms. The van der Waals surface area contributed by atoms with Crippen molar-refractivity contribution in [2.75, 3.05) is 31.9 Å². The second-order valence-corrected chi connectivity index (χ2v) is 7.73. The summed E-state index contributed by atoms with van der Waals surface area (Å²) in [4.78, 5) is 33.1. The molecule has 1 fully saturated rings. The number of carbonyl (C=O) groups excluding carboxylic acids is 2. The van der Waals surface area contributed by atoms with E-state index in [1.807, 2.05) is 29.2 Å². The Labute approximate surface area is 167 Å². The summed E-state index contributed by atoms with van der Waals surface area (Å²) in [6.45, 7) is 4.17. The standard InChI is InChI=1S/C21H21N3O3S/c1-15-13-19(22-17-6-3-2-5-16(15)17)28-14-20(25)23-8-10-24(11-9-23)21(26)18-7-4-12-27-18/h2-7,12-13H,8-11,14H2,1H3. The molecule has 1 saturated heterocycles. The van der Waals surface area contributed by atoms with Crippen molar-refractivity contribution < 1.29 is 14.0 Å². The van der Waals surface area contributed by atoms with Crippen LogP contribution in [0.3, 0.4) is 0 Å². The van der Waals surface area contributed by atoms with E-state index >= 15 is 0 Å². The predicted octanol–water partition coefficient (Wildman–Crippen LogP) is 3.21. The molecule has 0 bridgehead atoms. The average Bonchev–Trinajstić information content (AvgIpc) is 3.26. The smallest absolute Gasteiger partial charge is 0.289 e. The van der Waals surface area contributed by atoms with Gasteiger partial charge in [0.15, 0.2) is 5.76 Å². The molecule has 0 unspecified atom stereocenters. The molecular weight excluding hydrogens is 374 g/mol. The second-order valence-electron chi connectivity index (χ2n) is 6.73. The Morgan fingerprint density at radius 1 is 1.07 bits per heavy atom. The van der Waals surface area contributed by atoms with Crippen LogP contribution in [0.1, 0.15) is 16.1 Å². The number of para-hydroxylation sites is 1. The molecule has 0 spiro atoms. The number of carbonyl (C=O) groups is 2. The summed E-state index contributed by atoms with van der Waals surface area (Å²) in [6.07, 6.45) is 1.49. The summed E-state index contributed by atoms with van der Waals surface area (Å²) < 4.78 is 5.17. The first kappa shape index (κ1) is 18.6. The number of piperazine rings is 1. The number of fused-ring (bicyclic) bond motifs is 1. The summed E-state index contributed by atoms with van der Waals surface area (Å²) in [5, 5.41) is 1.99. The van der Waals surface area contributed by atoms with Crippen LogP contribution >= 0.6 is 11.8 Å². The molecule has 3 aromatic rings. The van der Waals surface area contributed by atoms with Crippen LogP contribution in [0.2, 0.25) is 0 Å². The number of furan rings is 1. The van der Waals surface area contributed by atoms with E-state index in [1.54, 1.807) is 17.0 Å². The van der Waals surface area contributed by atoms with Gasteiger partial charge in [-0.1, -0.05) is 30.0 Å². The van der Waals surface area contributed by atoms with Crippen molar-refractivity contribution in [1.29, 1.82) is 0 Å². The Hall–Kier alpha value is -2.80. The number of hydrogen-bond donors (Lipinski definition) is 0. The maximum Gasteiger partial charge on any atom is 0.289 e. The monoisotopic (exact) mass is 395 g/mol. The van der Waals surface area contributed by atoms with Crippen molar-refractivity contribution in [3.05, 3.63) is 60.1 Å². The highest BCUT2D eigenvalue weighted by Crippen LogP contribution is 2.24. The van der Waals surface area contributed by atoms with E-state index in [1.165, 1.54) is 18.0 Å². The van der Waals surface area contributed by atoms with Crippen molar-refractivity contribution in [1.82, 2.24) is 14.8 Å². The zero-order chi connectivity index (χ0) is 19.5. The lowest BCUT2D eigenvalue weighted by Gasteiger charge is -2.34. The molecule has 0 aliphatic carbocycles. The highest BCUT2D eigenvalue weighted by molar-refractivity contribution is 7.99. The Balaban J connectivity index is 1.32. The summed E-state index contributed by atoms with van der Waals surface area (Å²) in [7, 11) is 0. The fourth-order valence-electron chi connectivity index (χ4n) is 3.33. The second kappa shape index (κ2) is 8.06. The quantitative estimate of drug-likeness (QED) is 0.635. The molecule has 1 aromatic carbocycles. The molecule has 2 aromatic heterocycles. The Bertz CT molecular complexity index is 995. The number of pyridine rings is 1. The average molecular weight is 395 g/mol. The maximum absolute atomic E-state index is 12.6. The van der Waals surface area contributed by atoms with Crippen molar-refractivity contribution >= 4 is 34.5 Å². The molecule has 144 valence electrons. The van der Waals surface area contributed by atoms with E-state index in [4.69, 9.17) is 4.42 Å². The molecule has 1 aliphatic heterocycles. The largest absolute Gasteiger partial charge is 0.459 e. The van der Waals surface area contributed by atoms with Gasteiger partial charge >= 0.3 is 0 Å². The third-order valence-electron chi connectivity index (χ3n) is 4.89. The molecule has 2 amide bonds. The van der Waals surface area contributed by atoms with Crippen LogP contribution in [-0.2, 0) is 4.79 Å². The van der Waals surface area contributed by atoms with E-state index in [9.17, 15) is 9.59 Å². The first-order valence-electron chi connectivity index (χ1n) is 9.21. The lowest BCUT2D eigenvalue weighted by Crippen LogP contribution is -2.51. The number of nitrogens with zero attached hydrogens (tertiary/aromatic N) is 3.